The van der Waals surface area contributed by atoms with E-state index in [9.17, 15) is 4.79 Å². The zero-order valence-electron chi connectivity index (χ0n) is 9.24. The van der Waals surface area contributed by atoms with Gasteiger partial charge < -0.3 is 10.0 Å². The van der Waals surface area contributed by atoms with E-state index in [1.54, 1.807) is 11.9 Å². The van der Waals surface area contributed by atoms with Gasteiger partial charge in [0.05, 0.1) is 12.6 Å². The highest BCUT2D eigenvalue weighted by molar-refractivity contribution is 5.78. The molecule has 1 N–H and O–H groups in total. The van der Waals surface area contributed by atoms with Crippen molar-refractivity contribution in [3.05, 3.63) is 0 Å². The quantitative estimate of drug-likeness (QED) is 0.716. The molecule has 0 unspecified atom stereocenters. The first-order valence-electron chi connectivity index (χ1n) is 4.79. The fourth-order valence-electron chi connectivity index (χ4n) is 1.35. The van der Waals surface area contributed by atoms with Gasteiger partial charge in [-0.05, 0) is 5.92 Å². The smallest absolute Gasteiger partial charge is 0.225 e. The Balaban J connectivity index is 4.36. The Kier molecular flexibility index (Phi) is 4.99. The third-order valence-corrected chi connectivity index (χ3v) is 2.30. The molecule has 0 aromatic carbocycles. The lowest BCUT2D eigenvalue weighted by Gasteiger charge is -2.30. The van der Waals surface area contributed by atoms with Crippen LogP contribution in [0.25, 0.3) is 0 Å². The number of carbonyl (C=O) groups excluding carboxylic acids is 1. The highest BCUT2D eigenvalue weighted by atomic mass is 16.3. The van der Waals surface area contributed by atoms with Crippen molar-refractivity contribution in [1.82, 2.24) is 4.90 Å². The lowest BCUT2D eigenvalue weighted by Crippen LogP contribution is -2.44. The third-order valence-electron chi connectivity index (χ3n) is 2.30. The lowest BCUT2D eigenvalue weighted by molar-refractivity contribution is -0.137. The summed E-state index contributed by atoms with van der Waals surface area (Å²) in [5, 5.41) is 9.10. The second kappa shape index (κ2) is 5.22. The van der Waals surface area contributed by atoms with Gasteiger partial charge >= 0.3 is 0 Å². The summed E-state index contributed by atoms with van der Waals surface area (Å²) in [7, 11) is 1.75. The Bertz CT molecular complexity index is 166. The van der Waals surface area contributed by atoms with Crippen LogP contribution >= 0.6 is 0 Å². The maximum absolute atomic E-state index is 11.6. The topological polar surface area (TPSA) is 40.5 Å². The molecular formula is C10H21NO2. The summed E-state index contributed by atoms with van der Waals surface area (Å²) >= 11 is 0. The van der Waals surface area contributed by atoms with Crippen molar-refractivity contribution in [2.75, 3.05) is 13.7 Å². The van der Waals surface area contributed by atoms with Gasteiger partial charge in [-0.15, -0.1) is 0 Å². The van der Waals surface area contributed by atoms with E-state index in [0.29, 0.717) is 0 Å². The van der Waals surface area contributed by atoms with Crippen molar-refractivity contribution >= 4 is 5.91 Å². The van der Waals surface area contributed by atoms with Crippen molar-refractivity contribution in [2.45, 2.75) is 33.7 Å². The average molecular weight is 187 g/mol. The van der Waals surface area contributed by atoms with Crippen molar-refractivity contribution in [2.24, 2.45) is 11.8 Å². The first kappa shape index (κ1) is 12.4. The Morgan fingerprint density at radius 2 is 1.77 bits per heavy atom. The van der Waals surface area contributed by atoms with Crippen LogP contribution in [0.3, 0.4) is 0 Å². The second-order valence-electron chi connectivity index (χ2n) is 4.10. The summed E-state index contributed by atoms with van der Waals surface area (Å²) in [6.45, 7) is 7.78. The van der Waals surface area contributed by atoms with Crippen LogP contribution in [0.5, 0.6) is 0 Å². The Morgan fingerprint density at radius 3 is 2.00 bits per heavy atom. The van der Waals surface area contributed by atoms with Crippen LogP contribution < -0.4 is 0 Å². The highest BCUT2D eigenvalue weighted by Crippen LogP contribution is 2.11. The first-order valence-corrected chi connectivity index (χ1v) is 4.79. The summed E-state index contributed by atoms with van der Waals surface area (Å²) in [5.41, 5.74) is 0. The summed E-state index contributed by atoms with van der Waals surface area (Å²) in [5.74, 6) is 0.378. The van der Waals surface area contributed by atoms with Gasteiger partial charge in [0.2, 0.25) is 5.91 Å². The van der Waals surface area contributed by atoms with Crippen molar-refractivity contribution in [1.29, 1.82) is 0 Å². The number of amides is 1. The van der Waals surface area contributed by atoms with Crippen LogP contribution in [0.1, 0.15) is 27.7 Å². The number of rotatable bonds is 4. The first-order chi connectivity index (χ1) is 5.91. The summed E-state index contributed by atoms with van der Waals surface area (Å²) in [6, 6.07) is -0.0603. The molecule has 0 bridgehead atoms. The summed E-state index contributed by atoms with van der Waals surface area (Å²) < 4.78 is 0. The highest BCUT2D eigenvalue weighted by Gasteiger charge is 2.23. The largest absolute Gasteiger partial charge is 0.394 e. The molecule has 0 aromatic rings. The fraction of sp³-hybridized carbons (Fsp3) is 0.900. The Hall–Kier alpha value is -0.570. The summed E-state index contributed by atoms with van der Waals surface area (Å²) in [4.78, 5) is 13.2. The molecule has 0 radical (unpaired) electrons. The number of carbonyl (C=O) groups is 1. The van der Waals surface area contributed by atoms with E-state index in [1.807, 2.05) is 27.7 Å². The molecule has 3 heteroatoms. The minimum Gasteiger partial charge on any atom is -0.394 e. The molecule has 0 heterocycles. The van der Waals surface area contributed by atoms with Crippen LogP contribution in [0.15, 0.2) is 0 Å². The molecule has 0 aliphatic rings. The number of nitrogens with zero attached hydrogens (tertiary/aromatic N) is 1. The number of aliphatic hydroxyl groups excluding tert-OH is 1. The lowest BCUT2D eigenvalue weighted by atomic mass is 10.0. The van der Waals surface area contributed by atoms with E-state index in [-0.39, 0.29) is 30.4 Å². The second-order valence-corrected chi connectivity index (χ2v) is 4.10. The Labute approximate surface area is 80.7 Å². The van der Waals surface area contributed by atoms with Crippen molar-refractivity contribution in [3.63, 3.8) is 0 Å². The minimum absolute atomic E-state index is 0.00204. The molecule has 0 aliphatic carbocycles. The molecule has 3 nitrogen and oxygen atoms in total. The van der Waals surface area contributed by atoms with Gasteiger partial charge in [0.25, 0.3) is 0 Å². The number of hydrogen-bond acceptors (Lipinski definition) is 2. The average Bonchev–Trinajstić information content (AvgIpc) is 2.03. The zero-order chi connectivity index (χ0) is 10.6. The molecule has 0 rings (SSSR count). The van der Waals surface area contributed by atoms with Gasteiger partial charge in [-0.3, -0.25) is 4.79 Å². The van der Waals surface area contributed by atoms with Crippen molar-refractivity contribution < 1.29 is 9.90 Å². The SMILES string of the molecule is CC(C)C(=O)N(C)[C@H](CO)C(C)C. The number of likely N-dealkylation sites (N-methyl/N-ethyl adjacent to an activating group) is 1. The van der Waals surface area contributed by atoms with Crippen LogP contribution in [0.4, 0.5) is 0 Å². The monoisotopic (exact) mass is 187 g/mol. The van der Waals surface area contributed by atoms with E-state index in [1.165, 1.54) is 0 Å². The fourth-order valence-corrected chi connectivity index (χ4v) is 1.35. The molecule has 13 heavy (non-hydrogen) atoms. The predicted molar refractivity (Wildman–Crippen MR) is 53.3 cm³/mol. The normalized spacial score (nSPS) is 13.5. The molecular weight excluding hydrogens is 166 g/mol. The van der Waals surface area contributed by atoms with E-state index in [2.05, 4.69) is 0 Å². The molecule has 1 amide bonds. The minimum atomic E-state index is -0.0603. The maximum atomic E-state index is 11.6. The third kappa shape index (κ3) is 3.35. The van der Waals surface area contributed by atoms with Crippen LogP contribution in [-0.2, 0) is 4.79 Å². The molecule has 78 valence electrons. The molecule has 0 saturated carbocycles. The number of aliphatic hydroxyl groups is 1. The maximum Gasteiger partial charge on any atom is 0.225 e. The van der Waals surface area contributed by atoms with Crippen molar-refractivity contribution in [3.8, 4) is 0 Å². The van der Waals surface area contributed by atoms with Crippen LogP contribution in [0.2, 0.25) is 0 Å². The van der Waals surface area contributed by atoms with E-state index < -0.39 is 0 Å². The van der Waals surface area contributed by atoms with Gasteiger partial charge in [0.15, 0.2) is 0 Å². The van der Waals surface area contributed by atoms with Gasteiger partial charge in [-0.25, -0.2) is 0 Å². The van der Waals surface area contributed by atoms with Gasteiger partial charge in [-0.2, -0.15) is 0 Å². The number of hydrogen-bond donors (Lipinski definition) is 1. The predicted octanol–water partition coefficient (Wildman–Crippen LogP) is 1.12. The van der Waals surface area contributed by atoms with Crippen LogP contribution in [-0.4, -0.2) is 35.6 Å². The van der Waals surface area contributed by atoms with E-state index in [0.717, 1.165) is 0 Å². The standard InChI is InChI=1S/C10H21NO2/c1-7(2)9(6-12)11(5)10(13)8(3)4/h7-9,12H,6H2,1-5H3/t9-/m1/s1. The van der Waals surface area contributed by atoms with Crippen LogP contribution in [0, 0.1) is 11.8 Å². The zero-order valence-corrected chi connectivity index (χ0v) is 9.24. The van der Waals surface area contributed by atoms with E-state index in [4.69, 9.17) is 5.11 Å². The van der Waals surface area contributed by atoms with Gasteiger partial charge in [0, 0.05) is 13.0 Å². The molecule has 0 fully saturated rings. The Morgan fingerprint density at radius 1 is 1.31 bits per heavy atom. The van der Waals surface area contributed by atoms with Gasteiger partial charge in [0.1, 0.15) is 0 Å². The summed E-state index contributed by atoms with van der Waals surface area (Å²) in [6.07, 6.45) is 0. The molecule has 0 aromatic heterocycles. The molecule has 1 atom stereocenters. The van der Waals surface area contributed by atoms with E-state index >= 15 is 0 Å². The molecule has 0 spiro atoms. The molecule has 0 aliphatic heterocycles. The van der Waals surface area contributed by atoms with Gasteiger partial charge in [-0.1, -0.05) is 27.7 Å². The molecule has 0 saturated heterocycles.